The number of nitrogens with zero attached hydrogens (tertiary/aromatic N) is 2. The van der Waals surface area contributed by atoms with Gasteiger partial charge in [0.2, 0.25) is 0 Å². The molecule has 140 valence electrons. The summed E-state index contributed by atoms with van der Waals surface area (Å²) in [5.41, 5.74) is -0.956. The summed E-state index contributed by atoms with van der Waals surface area (Å²) in [7, 11) is 1.67. The molecule has 0 saturated carbocycles. The van der Waals surface area contributed by atoms with E-state index in [1.165, 1.54) is 30.5 Å². The number of carbonyl (C=O) groups excluding carboxylic acids is 1. The summed E-state index contributed by atoms with van der Waals surface area (Å²) in [6.07, 6.45) is -1.46. The van der Waals surface area contributed by atoms with Crippen molar-refractivity contribution in [3.8, 4) is 0 Å². The van der Waals surface area contributed by atoms with Crippen LogP contribution in [-0.4, -0.2) is 15.5 Å². The zero-order valence-corrected chi connectivity index (χ0v) is 14.2. The molecule has 0 bridgehead atoms. The molecule has 0 aliphatic carbocycles. The van der Waals surface area contributed by atoms with Crippen molar-refractivity contribution in [2.24, 2.45) is 7.05 Å². The van der Waals surface area contributed by atoms with Crippen molar-refractivity contribution in [2.45, 2.75) is 12.2 Å². The summed E-state index contributed by atoms with van der Waals surface area (Å²) in [6, 6.07) is 8.91. The molecule has 8 heteroatoms. The topological polar surface area (TPSA) is 46.9 Å². The van der Waals surface area contributed by atoms with Crippen LogP contribution < -0.4 is 5.32 Å². The molecule has 0 radical (unpaired) electrons. The predicted molar refractivity (Wildman–Crippen MR) is 90.4 cm³/mol. The van der Waals surface area contributed by atoms with Crippen LogP contribution in [0, 0.1) is 5.82 Å². The number of amides is 1. The number of alkyl halides is 3. The number of imidazole rings is 1. The van der Waals surface area contributed by atoms with Crippen LogP contribution in [0.25, 0.3) is 0 Å². The Hall–Kier alpha value is -3.16. The number of hydrogen-bond acceptors (Lipinski definition) is 2. The molecule has 0 saturated heterocycles. The third-order valence-electron chi connectivity index (χ3n) is 4.06. The highest BCUT2D eigenvalue weighted by molar-refractivity contribution is 5.94. The minimum absolute atomic E-state index is 0.159. The quantitative estimate of drug-likeness (QED) is 0.696. The first-order valence-corrected chi connectivity index (χ1v) is 7.97. The smallest absolute Gasteiger partial charge is 0.338 e. The number of nitrogens with one attached hydrogen (secondary N) is 1. The highest BCUT2D eigenvalue weighted by Gasteiger charge is 2.31. The summed E-state index contributed by atoms with van der Waals surface area (Å²) in [5, 5.41) is 2.58. The zero-order valence-electron chi connectivity index (χ0n) is 14.2. The fourth-order valence-electron chi connectivity index (χ4n) is 2.70. The molecule has 2 aromatic carbocycles. The number of aromatic nitrogens is 2. The molecule has 0 spiro atoms. The fraction of sp³-hybridized carbons (Fsp3) is 0.158. The molecule has 4 nitrogen and oxygen atoms in total. The maximum absolute atomic E-state index is 14.3. The SMILES string of the molecule is Cn1ccnc1C(NC(=O)c1cccc(C(F)(F)F)c1)c1ccccc1F. The summed E-state index contributed by atoms with van der Waals surface area (Å²) in [5.74, 6) is -0.979. The monoisotopic (exact) mass is 377 g/mol. The first kappa shape index (κ1) is 18.6. The number of hydrogen-bond donors (Lipinski definition) is 1. The van der Waals surface area contributed by atoms with Gasteiger partial charge in [0.1, 0.15) is 17.7 Å². The van der Waals surface area contributed by atoms with Gasteiger partial charge in [-0.2, -0.15) is 13.2 Å². The second-order valence-electron chi connectivity index (χ2n) is 5.90. The minimum atomic E-state index is -4.57. The Morgan fingerprint density at radius 3 is 2.52 bits per heavy atom. The second-order valence-corrected chi connectivity index (χ2v) is 5.90. The van der Waals surface area contributed by atoms with Crippen LogP contribution in [0.2, 0.25) is 0 Å². The van der Waals surface area contributed by atoms with Gasteiger partial charge in [0, 0.05) is 30.6 Å². The van der Waals surface area contributed by atoms with Gasteiger partial charge >= 0.3 is 6.18 Å². The predicted octanol–water partition coefficient (Wildman–Crippen LogP) is 4.10. The lowest BCUT2D eigenvalue weighted by Gasteiger charge is -2.20. The van der Waals surface area contributed by atoms with Crippen molar-refractivity contribution in [1.29, 1.82) is 0 Å². The Morgan fingerprint density at radius 2 is 1.89 bits per heavy atom. The molecule has 3 aromatic rings. The molecule has 1 heterocycles. The maximum atomic E-state index is 14.3. The van der Waals surface area contributed by atoms with Crippen molar-refractivity contribution in [3.63, 3.8) is 0 Å². The molecular formula is C19H15F4N3O. The minimum Gasteiger partial charge on any atom is -0.338 e. The van der Waals surface area contributed by atoms with Crippen molar-refractivity contribution < 1.29 is 22.4 Å². The largest absolute Gasteiger partial charge is 0.416 e. The summed E-state index contributed by atoms with van der Waals surface area (Å²) >= 11 is 0. The highest BCUT2D eigenvalue weighted by atomic mass is 19.4. The van der Waals surface area contributed by atoms with Gasteiger partial charge in [0.25, 0.3) is 5.91 Å². The third-order valence-corrected chi connectivity index (χ3v) is 4.06. The van der Waals surface area contributed by atoms with E-state index in [0.29, 0.717) is 5.82 Å². The summed E-state index contributed by atoms with van der Waals surface area (Å²) in [6.45, 7) is 0. The Kier molecular flexibility index (Phi) is 4.98. The first-order chi connectivity index (χ1) is 12.8. The van der Waals surface area contributed by atoms with Crippen LogP contribution in [0.15, 0.2) is 60.9 Å². The molecule has 0 aliphatic heterocycles. The van der Waals surface area contributed by atoms with Crippen LogP contribution >= 0.6 is 0 Å². The second kappa shape index (κ2) is 7.22. The van der Waals surface area contributed by atoms with E-state index >= 15 is 0 Å². The maximum Gasteiger partial charge on any atom is 0.416 e. The highest BCUT2D eigenvalue weighted by Crippen LogP contribution is 2.30. The van der Waals surface area contributed by atoms with Gasteiger partial charge in [0.15, 0.2) is 0 Å². The van der Waals surface area contributed by atoms with E-state index in [1.54, 1.807) is 23.9 Å². The van der Waals surface area contributed by atoms with Gasteiger partial charge in [0.05, 0.1) is 5.56 Å². The first-order valence-electron chi connectivity index (χ1n) is 7.97. The Labute approximate surface area is 152 Å². The summed E-state index contributed by atoms with van der Waals surface area (Å²) in [4.78, 5) is 16.7. The van der Waals surface area contributed by atoms with Gasteiger partial charge in [-0.25, -0.2) is 9.37 Å². The molecule has 27 heavy (non-hydrogen) atoms. The van der Waals surface area contributed by atoms with E-state index in [4.69, 9.17) is 0 Å². The van der Waals surface area contributed by atoms with Gasteiger partial charge < -0.3 is 9.88 Å². The number of aryl methyl sites for hydroxylation is 1. The van der Waals surface area contributed by atoms with Gasteiger partial charge in [-0.05, 0) is 24.3 Å². The van der Waals surface area contributed by atoms with E-state index in [0.717, 1.165) is 18.2 Å². The van der Waals surface area contributed by atoms with Crippen LogP contribution in [-0.2, 0) is 13.2 Å². The lowest BCUT2D eigenvalue weighted by Crippen LogP contribution is -2.31. The third kappa shape index (κ3) is 3.99. The Balaban J connectivity index is 1.97. The van der Waals surface area contributed by atoms with Crippen molar-refractivity contribution in [1.82, 2.24) is 14.9 Å². The molecule has 0 aliphatic rings. The van der Waals surface area contributed by atoms with Gasteiger partial charge in [-0.3, -0.25) is 4.79 Å². The van der Waals surface area contributed by atoms with Crippen LogP contribution in [0.3, 0.4) is 0 Å². The van der Waals surface area contributed by atoms with Crippen LogP contribution in [0.4, 0.5) is 17.6 Å². The Morgan fingerprint density at radius 1 is 1.15 bits per heavy atom. The van der Waals surface area contributed by atoms with Crippen molar-refractivity contribution in [2.75, 3.05) is 0 Å². The van der Waals surface area contributed by atoms with E-state index in [-0.39, 0.29) is 11.1 Å². The standard InChI is InChI=1S/C19H15F4N3O/c1-26-10-9-24-17(26)16(14-7-2-3-8-15(14)20)25-18(27)12-5-4-6-13(11-12)19(21,22)23/h2-11,16H,1H3,(H,25,27). The van der Waals surface area contributed by atoms with Gasteiger partial charge in [-0.1, -0.05) is 24.3 Å². The fourth-order valence-corrected chi connectivity index (χ4v) is 2.70. The number of rotatable bonds is 4. The van der Waals surface area contributed by atoms with E-state index in [2.05, 4.69) is 10.3 Å². The summed E-state index contributed by atoms with van der Waals surface area (Å²) < 4.78 is 54.6. The molecule has 1 aromatic heterocycles. The lowest BCUT2D eigenvalue weighted by molar-refractivity contribution is -0.137. The molecule has 3 rings (SSSR count). The zero-order chi connectivity index (χ0) is 19.6. The number of benzene rings is 2. The molecule has 0 fully saturated rings. The number of halogens is 4. The average molecular weight is 377 g/mol. The van der Waals surface area contributed by atoms with E-state index in [9.17, 15) is 22.4 Å². The van der Waals surface area contributed by atoms with E-state index < -0.39 is 29.5 Å². The molecule has 1 N–H and O–H groups in total. The number of carbonyl (C=O) groups is 1. The van der Waals surface area contributed by atoms with Gasteiger partial charge in [-0.15, -0.1) is 0 Å². The Bertz CT molecular complexity index is 965. The van der Waals surface area contributed by atoms with Crippen LogP contribution in [0.5, 0.6) is 0 Å². The lowest BCUT2D eigenvalue weighted by atomic mass is 10.0. The van der Waals surface area contributed by atoms with Crippen molar-refractivity contribution in [3.05, 3.63) is 89.3 Å². The molecule has 1 atom stereocenters. The molecule has 1 unspecified atom stereocenters. The average Bonchev–Trinajstić information content (AvgIpc) is 3.05. The molecular weight excluding hydrogens is 362 g/mol. The van der Waals surface area contributed by atoms with Crippen LogP contribution in [0.1, 0.15) is 33.4 Å². The molecule has 1 amide bonds. The normalized spacial score (nSPS) is 12.6. The van der Waals surface area contributed by atoms with Crippen molar-refractivity contribution >= 4 is 5.91 Å². The van der Waals surface area contributed by atoms with E-state index in [1.807, 2.05) is 0 Å².